The van der Waals surface area contributed by atoms with E-state index in [-0.39, 0.29) is 17.2 Å². The number of aromatic nitrogens is 2. The Kier molecular flexibility index (Phi) is 4.10. The Morgan fingerprint density at radius 3 is 2.81 bits per heavy atom. The molecule has 2 saturated heterocycles. The monoisotopic (exact) mass is 311 g/mol. The zero-order chi connectivity index (χ0) is 14.9. The van der Waals surface area contributed by atoms with Crippen molar-refractivity contribution >= 4 is 15.8 Å². The molecule has 8 heteroatoms. The van der Waals surface area contributed by atoms with Crippen LogP contribution in [-0.4, -0.2) is 55.6 Å². The lowest BCUT2D eigenvalue weighted by atomic mass is 9.89. The molecule has 2 N–H and O–H groups in total. The van der Waals surface area contributed by atoms with Crippen molar-refractivity contribution < 1.29 is 8.42 Å². The maximum Gasteiger partial charge on any atom is 0.225 e. The lowest BCUT2D eigenvalue weighted by molar-refractivity contribution is 0.319. The minimum Gasteiger partial charge on any atom is -0.340 e. The van der Waals surface area contributed by atoms with E-state index in [1.807, 2.05) is 0 Å². The molecule has 0 aliphatic carbocycles. The van der Waals surface area contributed by atoms with Crippen LogP contribution >= 0.6 is 0 Å². The molecule has 0 saturated carbocycles. The Bertz CT molecular complexity index is 579. The van der Waals surface area contributed by atoms with Crippen LogP contribution in [-0.2, 0) is 9.84 Å². The van der Waals surface area contributed by atoms with Gasteiger partial charge in [-0.2, -0.15) is 0 Å². The molecule has 3 unspecified atom stereocenters. The van der Waals surface area contributed by atoms with Gasteiger partial charge in [0.15, 0.2) is 9.84 Å². The maximum atomic E-state index is 11.9. The molecule has 21 heavy (non-hydrogen) atoms. The zero-order valence-corrected chi connectivity index (χ0v) is 12.9. The first kappa shape index (κ1) is 14.7. The van der Waals surface area contributed by atoms with Crippen molar-refractivity contribution in [3.8, 4) is 0 Å². The first-order valence-electron chi connectivity index (χ1n) is 7.25. The summed E-state index contributed by atoms with van der Waals surface area (Å²) in [5.74, 6) is 1.00. The van der Waals surface area contributed by atoms with E-state index in [1.54, 1.807) is 18.5 Å². The molecule has 0 radical (unpaired) electrons. The molecule has 3 rings (SSSR count). The van der Waals surface area contributed by atoms with Gasteiger partial charge in [0.2, 0.25) is 5.95 Å². The Morgan fingerprint density at radius 1 is 1.33 bits per heavy atom. The molecule has 1 aromatic rings. The molecular weight excluding hydrogens is 290 g/mol. The average Bonchev–Trinajstić information content (AvgIpc) is 2.98. The fraction of sp³-hybridized carbons (Fsp3) is 0.692. The number of hydrogen-bond donors (Lipinski definition) is 2. The van der Waals surface area contributed by atoms with E-state index in [0.717, 1.165) is 31.9 Å². The second kappa shape index (κ2) is 5.86. The van der Waals surface area contributed by atoms with Gasteiger partial charge in [-0.1, -0.05) is 0 Å². The number of rotatable bonds is 3. The first-order valence-corrected chi connectivity index (χ1v) is 9.20. The molecule has 116 valence electrons. The number of nitrogens with zero attached hydrogens (tertiary/aromatic N) is 3. The Balaban J connectivity index is 1.74. The zero-order valence-electron chi connectivity index (χ0n) is 12.1. The average molecular weight is 311 g/mol. The highest BCUT2D eigenvalue weighted by Gasteiger charge is 2.41. The number of hydrazine groups is 1. The summed E-state index contributed by atoms with van der Waals surface area (Å²) in [7, 11) is -3.06. The summed E-state index contributed by atoms with van der Waals surface area (Å²) >= 11 is 0. The van der Waals surface area contributed by atoms with Gasteiger partial charge in [-0.25, -0.2) is 18.4 Å². The van der Waals surface area contributed by atoms with Crippen LogP contribution in [0.4, 0.5) is 5.95 Å². The summed E-state index contributed by atoms with van der Waals surface area (Å²) in [5, 5.41) is -0.362. The molecule has 0 amide bonds. The maximum absolute atomic E-state index is 11.9. The number of nitrogens with one attached hydrogen (secondary N) is 2. The summed E-state index contributed by atoms with van der Waals surface area (Å²) in [6.07, 6.45) is 6.84. The van der Waals surface area contributed by atoms with Crippen LogP contribution in [0.2, 0.25) is 0 Å². The van der Waals surface area contributed by atoms with Crippen LogP contribution in [0, 0.1) is 5.92 Å². The fourth-order valence-corrected chi connectivity index (χ4v) is 4.48. The van der Waals surface area contributed by atoms with Gasteiger partial charge in [0.05, 0.1) is 5.25 Å². The second-order valence-corrected chi connectivity index (χ2v) is 8.08. The van der Waals surface area contributed by atoms with E-state index in [1.165, 1.54) is 6.26 Å². The van der Waals surface area contributed by atoms with Gasteiger partial charge in [-0.3, -0.25) is 10.9 Å². The Labute approximate surface area is 125 Å². The van der Waals surface area contributed by atoms with Gasteiger partial charge in [0.25, 0.3) is 0 Å². The third-order valence-electron chi connectivity index (χ3n) is 4.32. The molecule has 7 nitrogen and oxygen atoms in total. The lowest BCUT2D eigenvalue weighted by Gasteiger charge is -2.36. The van der Waals surface area contributed by atoms with Gasteiger partial charge < -0.3 is 4.90 Å². The van der Waals surface area contributed by atoms with Crippen molar-refractivity contribution in [2.45, 2.75) is 24.1 Å². The highest BCUT2D eigenvalue weighted by Crippen LogP contribution is 2.27. The van der Waals surface area contributed by atoms with Crippen molar-refractivity contribution in [3.63, 3.8) is 0 Å². The largest absolute Gasteiger partial charge is 0.340 e. The topological polar surface area (TPSA) is 87.2 Å². The van der Waals surface area contributed by atoms with Crippen LogP contribution in [0.25, 0.3) is 0 Å². The molecule has 2 fully saturated rings. The smallest absolute Gasteiger partial charge is 0.225 e. The summed E-state index contributed by atoms with van der Waals surface area (Å²) in [5.41, 5.74) is 6.16. The van der Waals surface area contributed by atoms with Crippen LogP contribution in [0.15, 0.2) is 18.5 Å². The van der Waals surface area contributed by atoms with E-state index in [2.05, 4.69) is 25.7 Å². The van der Waals surface area contributed by atoms with Gasteiger partial charge in [-0.15, -0.1) is 0 Å². The third kappa shape index (κ3) is 3.17. The Hall–Kier alpha value is -1.25. The quantitative estimate of drug-likeness (QED) is 0.784. The van der Waals surface area contributed by atoms with E-state index < -0.39 is 9.84 Å². The Morgan fingerprint density at radius 2 is 2.10 bits per heavy atom. The molecule has 0 bridgehead atoms. The predicted octanol–water partition coefficient (Wildman–Crippen LogP) is -0.417. The summed E-state index contributed by atoms with van der Waals surface area (Å²) < 4.78 is 23.8. The molecule has 3 heterocycles. The summed E-state index contributed by atoms with van der Waals surface area (Å²) in [6, 6.07) is 1.75. The van der Waals surface area contributed by atoms with Crippen molar-refractivity contribution in [2.24, 2.45) is 5.92 Å². The van der Waals surface area contributed by atoms with Crippen molar-refractivity contribution in [3.05, 3.63) is 18.5 Å². The van der Waals surface area contributed by atoms with E-state index in [0.29, 0.717) is 6.54 Å². The molecule has 3 atom stereocenters. The fourth-order valence-electron chi connectivity index (χ4n) is 3.28. The minimum absolute atomic E-state index is 0.0495. The summed E-state index contributed by atoms with van der Waals surface area (Å²) in [6.45, 7) is 2.18. The van der Waals surface area contributed by atoms with Gasteiger partial charge in [0.1, 0.15) is 0 Å². The molecular formula is C13H21N5O2S. The van der Waals surface area contributed by atoms with E-state index in [9.17, 15) is 8.42 Å². The molecule has 1 aromatic heterocycles. The number of anilines is 1. The molecule has 2 aliphatic heterocycles. The number of sulfone groups is 1. The SMILES string of the molecule is CS(=O)(=O)C1CNNC1C1CCCN(c2ncccn2)C1. The van der Waals surface area contributed by atoms with Gasteiger partial charge in [-0.05, 0) is 24.8 Å². The molecule has 0 aromatic carbocycles. The van der Waals surface area contributed by atoms with Crippen LogP contribution in [0.5, 0.6) is 0 Å². The van der Waals surface area contributed by atoms with Crippen molar-refractivity contribution in [1.82, 2.24) is 20.8 Å². The van der Waals surface area contributed by atoms with Gasteiger partial charge >= 0.3 is 0 Å². The lowest BCUT2D eigenvalue weighted by Crippen LogP contribution is -2.50. The van der Waals surface area contributed by atoms with Crippen LogP contribution in [0.3, 0.4) is 0 Å². The van der Waals surface area contributed by atoms with E-state index >= 15 is 0 Å². The van der Waals surface area contributed by atoms with Crippen molar-refractivity contribution in [2.75, 3.05) is 30.8 Å². The molecule has 2 aliphatic rings. The van der Waals surface area contributed by atoms with Crippen molar-refractivity contribution in [1.29, 1.82) is 0 Å². The number of piperidine rings is 1. The standard InChI is InChI=1S/C13H21N5O2S/c1-21(19,20)11-8-16-17-12(11)10-4-2-7-18(9-10)13-14-5-3-6-15-13/h3,5-6,10-12,16-17H,2,4,7-9H2,1H3. The van der Waals surface area contributed by atoms with Crippen LogP contribution < -0.4 is 15.8 Å². The summed E-state index contributed by atoms with van der Waals surface area (Å²) in [4.78, 5) is 10.7. The highest BCUT2D eigenvalue weighted by molar-refractivity contribution is 7.91. The third-order valence-corrected chi connectivity index (χ3v) is 5.88. The minimum atomic E-state index is -3.06. The first-order chi connectivity index (χ1) is 10.1. The highest BCUT2D eigenvalue weighted by atomic mass is 32.2. The predicted molar refractivity (Wildman–Crippen MR) is 80.5 cm³/mol. The van der Waals surface area contributed by atoms with E-state index in [4.69, 9.17) is 0 Å². The van der Waals surface area contributed by atoms with Gasteiger partial charge in [0, 0.05) is 44.3 Å². The number of hydrogen-bond acceptors (Lipinski definition) is 7. The normalized spacial score (nSPS) is 30.5. The molecule has 0 spiro atoms. The second-order valence-electron chi connectivity index (χ2n) is 5.82. The van der Waals surface area contributed by atoms with Crippen LogP contribution in [0.1, 0.15) is 12.8 Å².